The monoisotopic (exact) mass is 217 g/mol. The average molecular weight is 217 g/mol. The first kappa shape index (κ1) is 10.2. The molecule has 0 radical (unpaired) electrons. The molecule has 0 saturated carbocycles. The molecule has 0 aliphatic carbocycles. The molecule has 0 fully saturated rings. The highest BCUT2D eigenvalue weighted by Gasteiger charge is 2.08. The van der Waals surface area contributed by atoms with Crippen molar-refractivity contribution in [1.29, 1.82) is 0 Å². The molecule has 2 rings (SSSR count). The molecule has 82 valence electrons. The third-order valence-electron chi connectivity index (χ3n) is 2.05. The summed E-state index contributed by atoms with van der Waals surface area (Å²) in [7, 11) is 1.74. The fourth-order valence-corrected chi connectivity index (χ4v) is 1.31. The summed E-state index contributed by atoms with van der Waals surface area (Å²) in [4.78, 5) is 11.7. The van der Waals surface area contributed by atoms with Gasteiger partial charge in [0.2, 0.25) is 0 Å². The smallest absolute Gasteiger partial charge is 0.276 e. The van der Waals surface area contributed by atoms with Crippen molar-refractivity contribution in [3.8, 4) is 5.75 Å². The molecule has 1 amide bonds. The summed E-state index contributed by atoms with van der Waals surface area (Å²) in [5.74, 6) is -0.190. The van der Waals surface area contributed by atoms with Crippen molar-refractivity contribution < 1.29 is 9.90 Å². The Labute approximate surface area is 92.3 Å². The Morgan fingerprint density at radius 3 is 2.88 bits per heavy atom. The van der Waals surface area contributed by atoms with Crippen LogP contribution >= 0.6 is 0 Å². The second-order valence-electron chi connectivity index (χ2n) is 3.38. The Hall–Kier alpha value is -2.30. The maximum Gasteiger partial charge on any atom is 0.276 e. The van der Waals surface area contributed by atoms with Gasteiger partial charge < -0.3 is 10.4 Å². The topological polar surface area (TPSA) is 67.2 Å². The zero-order valence-corrected chi connectivity index (χ0v) is 8.71. The number of aromatic hydroxyl groups is 1. The predicted octanol–water partition coefficient (Wildman–Crippen LogP) is 1.38. The maximum absolute atomic E-state index is 11.7. The van der Waals surface area contributed by atoms with Gasteiger partial charge in [-0.1, -0.05) is 6.07 Å². The normalized spacial score (nSPS) is 10.1. The van der Waals surface area contributed by atoms with Crippen LogP contribution in [-0.2, 0) is 7.05 Å². The van der Waals surface area contributed by atoms with E-state index >= 15 is 0 Å². The molecule has 1 aromatic carbocycles. The zero-order valence-electron chi connectivity index (χ0n) is 8.71. The number of phenolic OH excluding ortho intramolecular Hbond substituents is 1. The van der Waals surface area contributed by atoms with Gasteiger partial charge in [-0.15, -0.1) is 0 Å². The maximum atomic E-state index is 11.7. The Morgan fingerprint density at radius 1 is 1.44 bits per heavy atom. The van der Waals surface area contributed by atoms with Crippen molar-refractivity contribution in [3.05, 3.63) is 42.2 Å². The first-order valence-electron chi connectivity index (χ1n) is 4.75. The van der Waals surface area contributed by atoms with E-state index in [9.17, 15) is 9.90 Å². The van der Waals surface area contributed by atoms with E-state index in [1.165, 1.54) is 12.1 Å². The quantitative estimate of drug-likeness (QED) is 0.798. The summed E-state index contributed by atoms with van der Waals surface area (Å²) < 4.78 is 1.55. The summed E-state index contributed by atoms with van der Waals surface area (Å²) in [6.07, 6.45) is 1.69. The SMILES string of the molecule is Cn1ccc(C(=O)Nc2cccc(O)c2)n1. The van der Waals surface area contributed by atoms with E-state index < -0.39 is 0 Å². The van der Waals surface area contributed by atoms with Gasteiger partial charge in [0.15, 0.2) is 5.69 Å². The van der Waals surface area contributed by atoms with Crippen LogP contribution in [0.1, 0.15) is 10.5 Å². The number of amides is 1. The molecule has 1 aromatic heterocycles. The minimum Gasteiger partial charge on any atom is -0.508 e. The second kappa shape index (κ2) is 4.06. The van der Waals surface area contributed by atoms with Gasteiger partial charge in [-0.25, -0.2) is 0 Å². The van der Waals surface area contributed by atoms with Gasteiger partial charge in [0.05, 0.1) is 0 Å². The molecule has 0 aliphatic rings. The van der Waals surface area contributed by atoms with Crippen LogP contribution in [0.2, 0.25) is 0 Å². The molecular formula is C11H11N3O2. The van der Waals surface area contributed by atoms with Gasteiger partial charge in [-0.05, 0) is 18.2 Å². The van der Waals surface area contributed by atoms with Crippen LogP contribution in [0.4, 0.5) is 5.69 Å². The lowest BCUT2D eigenvalue weighted by molar-refractivity contribution is 0.102. The number of benzene rings is 1. The first-order chi connectivity index (χ1) is 7.65. The van der Waals surface area contributed by atoms with E-state index in [0.29, 0.717) is 11.4 Å². The molecular weight excluding hydrogens is 206 g/mol. The van der Waals surface area contributed by atoms with E-state index in [1.54, 1.807) is 36.1 Å². The zero-order chi connectivity index (χ0) is 11.5. The van der Waals surface area contributed by atoms with Crippen molar-refractivity contribution in [1.82, 2.24) is 9.78 Å². The van der Waals surface area contributed by atoms with Crippen molar-refractivity contribution in [2.45, 2.75) is 0 Å². The summed E-state index contributed by atoms with van der Waals surface area (Å²) in [5, 5.41) is 15.8. The van der Waals surface area contributed by atoms with Crippen LogP contribution < -0.4 is 5.32 Å². The molecule has 2 N–H and O–H groups in total. The number of carbonyl (C=O) groups excluding carboxylic acids is 1. The number of phenols is 1. The van der Waals surface area contributed by atoms with Crippen LogP contribution in [-0.4, -0.2) is 20.8 Å². The fraction of sp³-hybridized carbons (Fsp3) is 0.0909. The molecule has 0 unspecified atom stereocenters. The highest BCUT2D eigenvalue weighted by molar-refractivity contribution is 6.02. The van der Waals surface area contributed by atoms with Crippen molar-refractivity contribution in [2.75, 3.05) is 5.32 Å². The number of hydrogen-bond acceptors (Lipinski definition) is 3. The van der Waals surface area contributed by atoms with Crippen LogP contribution in [0.5, 0.6) is 5.75 Å². The number of rotatable bonds is 2. The average Bonchev–Trinajstić information content (AvgIpc) is 2.65. The summed E-state index contributed by atoms with van der Waals surface area (Å²) >= 11 is 0. The minimum atomic E-state index is -0.300. The minimum absolute atomic E-state index is 0.110. The number of nitrogens with zero attached hydrogens (tertiary/aromatic N) is 2. The molecule has 0 saturated heterocycles. The second-order valence-corrected chi connectivity index (χ2v) is 3.38. The van der Waals surface area contributed by atoms with Crippen molar-refractivity contribution in [2.24, 2.45) is 7.05 Å². The van der Waals surface area contributed by atoms with E-state index in [1.807, 2.05) is 0 Å². The lowest BCUT2D eigenvalue weighted by atomic mass is 10.3. The molecule has 0 atom stereocenters. The number of aryl methyl sites for hydroxylation is 1. The molecule has 16 heavy (non-hydrogen) atoms. The molecule has 5 heteroatoms. The molecule has 0 aliphatic heterocycles. The van der Waals surface area contributed by atoms with Gasteiger partial charge in [-0.2, -0.15) is 5.10 Å². The molecule has 1 heterocycles. The van der Waals surface area contributed by atoms with Gasteiger partial charge in [-0.3, -0.25) is 9.48 Å². The van der Waals surface area contributed by atoms with E-state index in [0.717, 1.165) is 0 Å². The number of carbonyl (C=O) groups is 1. The Kier molecular flexibility index (Phi) is 2.59. The van der Waals surface area contributed by atoms with Crippen LogP contribution in [0.3, 0.4) is 0 Å². The largest absolute Gasteiger partial charge is 0.508 e. The Morgan fingerprint density at radius 2 is 2.25 bits per heavy atom. The summed E-state index contributed by atoms with van der Waals surface area (Å²) in [6, 6.07) is 7.99. The summed E-state index contributed by atoms with van der Waals surface area (Å²) in [6.45, 7) is 0. The molecule has 0 bridgehead atoms. The molecule has 2 aromatic rings. The van der Waals surface area contributed by atoms with Crippen LogP contribution in [0.15, 0.2) is 36.5 Å². The Bertz CT molecular complexity index is 519. The number of aromatic nitrogens is 2. The standard InChI is InChI=1S/C11H11N3O2/c1-14-6-5-10(13-14)11(16)12-8-3-2-4-9(15)7-8/h2-7,15H,1H3,(H,12,16). The van der Waals surface area contributed by atoms with Crippen molar-refractivity contribution >= 4 is 11.6 Å². The van der Waals surface area contributed by atoms with Crippen molar-refractivity contribution in [3.63, 3.8) is 0 Å². The number of hydrogen-bond donors (Lipinski definition) is 2. The first-order valence-corrected chi connectivity index (χ1v) is 4.75. The highest BCUT2D eigenvalue weighted by atomic mass is 16.3. The predicted molar refractivity (Wildman–Crippen MR) is 59.3 cm³/mol. The third-order valence-corrected chi connectivity index (χ3v) is 2.05. The van der Waals surface area contributed by atoms with E-state index in [4.69, 9.17) is 0 Å². The number of anilines is 1. The van der Waals surface area contributed by atoms with Gasteiger partial charge in [0, 0.05) is 25.0 Å². The fourth-order valence-electron chi connectivity index (χ4n) is 1.31. The van der Waals surface area contributed by atoms with Crippen LogP contribution in [0.25, 0.3) is 0 Å². The van der Waals surface area contributed by atoms with Gasteiger partial charge in [0.1, 0.15) is 5.75 Å². The molecule has 5 nitrogen and oxygen atoms in total. The van der Waals surface area contributed by atoms with E-state index in [2.05, 4.69) is 10.4 Å². The lowest BCUT2D eigenvalue weighted by Crippen LogP contribution is -2.12. The highest BCUT2D eigenvalue weighted by Crippen LogP contribution is 2.15. The van der Waals surface area contributed by atoms with E-state index in [-0.39, 0.29) is 11.7 Å². The Balaban J connectivity index is 2.13. The molecule has 0 spiro atoms. The summed E-state index contributed by atoms with van der Waals surface area (Å²) in [5.41, 5.74) is 0.876. The third kappa shape index (κ3) is 2.20. The lowest BCUT2D eigenvalue weighted by Gasteiger charge is -2.02. The van der Waals surface area contributed by atoms with Gasteiger partial charge >= 0.3 is 0 Å². The van der Waals surface area contributed by atoms with Crippen LogP contribution in [0, 0.1) is 0 Å². The number of nitrogens with one attached hydrogen (secondary N) is 1. The van der Waals surface area contributed by atoms with Gasteiger partial charge in [0.25, 0.3) is 5.91 Å².